The average Bonchev–Trinajstić information content (AvgIpc) is 2.46. The lowest BCUT2D eigenvalue weighted by molar-refractivity contribution is -0.0134. The van der Waals surface area contributed by atoms with Gasteiger partial charge in [-0.25, -0.2) is 13.2 Å². The van der Waals surface area contributed by atoms with Crippen LogP contribution in [0.1, 0.15) is 13.3 Å². The number of carbonyl (C=O) groups excluding carboxylic acids is 1. The number of hydrogen-bond donors (Lipinski definition) is 1. The number of sulfone groups is 1. The summed E-state index contributed by atoms with van der Waals surface area (Å²) in [7, 11) is -3.38. The molecule has 0 radical (unpaired) electrons. The first-order valence-corrected chi connectivity index (χ1v) is 8.77. The number of urea groups is 1. The lowest BCUT2D eigenvalue weighted by Gasteiger charge is -2.32. The molecule has 0 spiro atoms. The molecule has 1 heterocycles. The number of para-hydroxylation sites is 1. The molecule has 0 aliphatic carbocycles. The van der Waals surface area contributed by atoms with E-state index in [0.29, 0.717) is 25.4 Å². The molecule has 2 amide bonds. The smallest absolute Gasteiger partial charge is 0.322 e. The number of morpholine rings is 1. The third-order valence-corrected chi connectivity index (χ3v) is 4.56. The molecule has 0 saturated carbocycles. The third-order valence-electron chi connectivity index (χ3n) is 3.41. The maximum absolute atomic E-state index is 12.3. The minimum absolute atomic E-state index is 0.0367. The number of nitrogens with one attached hydrogen (secondary N) is 1. The van der Waals surface area contributed by atoms with Crippen LogP contribution in [0.4, 0.5) is 10.5 Å². The molecule has 1 aromatic rings. The summed E-state index contributed by atoms with van der Waals surface area (Å²) in [5.74, 6) is 0. The predicted molar refractivity (Wildman–Crippen MR) is 80.2 cm³/mol. The summed E-state index contributed by atoms with van der Waals surface area (Å²) in [6, 6.07) is 6.10. The summed E-state index contributed by atoms with van der Waals surface area (Å²) in [4.78, 5) is 14.0. The topological polar surface area (TPSA) is 75.7 Å². The summed E-state index contributed by atoms with van der Waals surface area (Å²) >= 11 is 0. The van der Waals surface area contributed by atoms with Gasteiger partial charge in [-0.2, -0.15) is 0 Å². The zero-order valence-corrected chi connectivity index (χ0v) is 13.0. The van der Waals surface area contributed by atoms with Crippen molar-refractivity contribution in [3.05, 3.63) is 24.3 Å². The second-order valence-electron chi connectivity index (χ2n) is 5.05. The van der Waals surface area contributed by atoms with Gasteiger partial charge in [-0.05, 0) is 18.6 Å². The van der Waals surface area contributed by atoms with Crippen molar-refractivity contribution in [2.45, 2.75) is 24.3 Å². The Balaban J connectivity index is 2.13. The molecule has 1 saturated heterocycles. The Morgan fingerprint density at radius 2 is 2.14 bits per heavy atom. The Labute approximate surface area is 125 Å². The fourth-order valence-electron chi connectivity index (χ4n) is 2.24. The molecule has 6 nitrogen and oxygen atoms in total. The SMILES string of the molecule is CC[C@@H]1CN(C(=O)Nc2ccccc2S(C)(=O)=O)CCO1. The average molecular weight is 312 g/mol. The van der Waals surface area contributed by atoms with Crippen molar-refractivity contribution in [3.8, 4) is 0 Å². The molecule has 21 heavy (non-hydrogen) atoms. The van der Waals surface area contributed by atoms with E-state index in [1.165, 1.54) is 6.07 Å². The van der Waals surface area contributed by atoms with E-state index in [1.807, 2.05) is 6.92 Å². The zero-order chi connectivity index (χ0) is 15.5. The van der Waals surface area contributed by atoms with Crippen LogP contribution in [0, 0.1) is 0 Å². The van der Waals surface area contributed by atoms with E-state index in [-0.39, 0.29) is 17.0 Å². The van der Waals surface area contributed by atoms with Gasteiger partial charge in [0.05, 0.1) is 23.3 Å². The first-order valence-electron chi connectivity index (χ1n) is 6.88. The van der Waals surface area contributed by atoms with Crippen LogP contribution in [-0.4, -0.2) is 51.4 Å². The van der Waals surface area contributed by atoms with Crippen molar-refractivity contribution < 1.29 is 17.9 Å². The van der Waals surface area contributed by atoms with Crippen LogP contribution in [0.15, 0.2) is 29.2 Å². The summed E-state index contributed by atoms with van der Waals surface area (Å²) in [6.45, 7) is 3.53. The number of hydrogen-bond acceptors (Lipinski definition) is 4. The predicted octanol–water partition coefficient (Wildman–Crippen LogP) is 1.73. The fraction of sp³-hybridized carbons (Fsp3) is 0.500. The quantitative estimate of drug-likeness (QED) is 0.922. The Morgan fingerprint density at radius 1 is 1.43 bits per heavy atom. The van der Waals surface area contributed by atoms with Crippen LogP contribution in [-0.2, 0) is 14.6 Å². The highest BCUT2D eigenvalue weighted by atomic mass is 32.2. The van der Waals surface area contributed by atoms with E-state index in [0.717, 1.165) is 12.7 Å². The highest BCUT2D eigenvalue weighted by Gasteiger charge is 2.24. The first-order chi connectivity index (χ1) is 9.91. The van der Waals surface area contributed by atoms with E-state index in [9.17, 15) is 13.2 Å². The highest BCUT2D eigenvalue weighted by molar-refractivity contribution is 7.90. The monoisotopic (exact) mass is 312 g/mol. The minimum Gasteiger partial charge on any atom is -0.375 e. The molecule has 116 valence electrons. The van der Waals surface area contributed by atoms with Gasteiger partial charge in [-0.15, -0.1) is 0 Å². The number of rotatable bonds is 3. The van der Waals surface area contributed by atoms with Crippen LogP contribution in [0.2, 0.25) is 0 Å². The van der Waals surface area contributed by atoms with Gasteiger partial charge in [0.2, 0.25) is 0 Å². The lowest BCUT2D eigenvalue weighted by Crippen LogP contribution is -2.47. The molecule has 1 N–H and O–H groups in total. The first kappa shape index (κ1) is 15.8. The molecule has 0 unspecified atom stereocenters. The van der Waals surface area contributed by atoms with Crippen molar-refractivity contribution in [1.82, 2.24) is 4.90 Å². The van der Waals surface area contributed by atoms with Gasteiger partial charge in [-0.3, -0.25) is 0 Å². The summed E-state index contributed by atoms with van der Waals surface area (Å²) < 4.78 is 29.0. The van der Waals surface area contributed by atoms with E-state index in [1.54, 1.807) is 23.1 Å². The minimum atomic E-state index is -3.38. The molecular weight excluding hydrogens is 292 g/mol. The van der Waals surface area contributed by atoms with Gasteiger partial charge in [0.1, 0.15) is 0 Å². The van der Waals surface area contributed by atoms with E-state index >= 15 is 0 Å². The van der Waals surface area contributed by atoms with Crippen molar-refractivity contribution in [2.24, 2.45) is 0 Å². The molecule has 7 heteroatoms. The van der Waals surface area contributed by atoms with Crippen molar-refractivity contribution in [3.63, 3.8) is 0 Å². The van der Waals surface area contributed by atoms with Crippen molar-refractivity contribution in [2.75, 3.05) is 31.3 Å². The van der Waals surface area contributed by atoms with Gasteiger partial charge in [0, 0.05) is 19.3 Å². The number of benzene rings is 1. The molecule has 1 atom stereocenters. The van der Waals surface area contributed by atoms with Crippen LogP contribution < -0.4 is 5.32 Å². The summed E-state index contributed by atoms with van der Waals surface area (Å²) in [5, 5.41) is 2.68. The number of anilines is 1. The fourth-order valence-corrected chi connectivity index (χ4v) is 3.08. The Morgan fingerprint density at radius 3 is 2.81 bits per heavy atom. The maximum Gasteiger partial charge on any atom is 0.322 e. The molecule has 2 rings (SSSR count). The van der Waals surface area contributed by atoms with Crippen molar-refractivity contribution in [1.29, 1.82) is 0 Å². The standard InChI is InChI=1S/C14H20N2O4S/c1-3-11-10-16(8-9-20-11)14(17)15-12-6-4-5-7-13(12)21(2,18)19/h4-7,11H,3,8-10H2,1-2H3,(H,15,17)/t11-/m1/s1. The van der Waals surface area contributed by atoms with E-state index in [2.05, 4.69) is 5.32 Å². The van der Waals surface area contributed by atoms with Gasteiger partial charge in [-0.1, -0.05) is 19.1 Å². The molecule has 1 aliphatic rings. The van der Waals surface area contributed by atoms with Crippen LogP contribution in [0.25, 0.3) is 0 Å². The van der Waals surface area contributed by atoms with Crippen LogP contribution >= 0.6 is 0 Å². The number of carbonyl (C=O) groups is 1. The second kappa shape index (κ2) is 6.44. The van der Waals surface area contributed by atoms with Crippen molar-refractivity contribution >= 4 is 21.6 Å². The largest absolute Gasteiger partial charge is 0.375 e. The van der Waals surface area contributed by atoms with Gasteiger partial charge < -0.3 is 15.0 Å². The van der Waals surface area contributed by atoms with Gasteiger partial charge in [0.15, 0.2) is 9.84 Å². The highest BCUT2D eigenvalue weighted by Crippen LogP contribution is 2.21. The molecule has 1 aliphatic heterocycles. The van der Waals surface area contributed by atoms with Crippen LogP contribution in [0.3, 0.4) is 0 Å². The van der Waals surface area contributed by atoms with Gasteiger partial charge >= 0.3 is 6.03 Å². The number of nitrogens with zero attached hydrogens (tertiary/aromatic N) is 1. The third kappa shape index (κ3) is 3.95. The van der Waals surface area contributed by atoms with Gasteiger partial charge in [0.25, 0.3) is 0 Å². The Kier molecular flexibility index (Phi) is 4.84. The summed E-state index contributed by atoms with van der Waals surface area (Å²) in [5.41, 5.74) is 0.310. The van der Waals surface area contributed by atoms with E-state index in [4.69, 9.17) is 4.74 Å². The molecule has 0 aromatic heterocycles. The lowest BCUT2D eigenvalue weighted by atomic mass is 10.2. The molecular formula is C14H20N2O4S. The number of ether oxygens (including phenoxy) is 1. The Bertz CT molecular complexity index is 615. The molecule has 1 aromatic carbocycles. The number of amides is 2. The summed E-state index contributed by atoms with van der Waals surface area (Å²) in [6.07, 6.45) is 2.00. The van der Waals surface area contributed by atoms with Crippen LogP contribution in [0.5, 0.6) is 0 Å². The second-order valence-corrected chi connectivity index (χ2v) is 7.03. The maximum atomic E-state index is 12.3. The van der Waals surface area contributed by atoms with E-state index < -0.39 is 9.84 Å². The molecule has 0 bridgehead atoms. The zero-order valence-electron chi connectivity index (χ0n) is 12.2. The Hall–Kier alpha value is -1.60. The molecule has 1 fully saturated rings. The normalized spacial score (nSPS) is 19.3.